The molecular weight excluding hydrogens is 350 g/mol. The molecule has 1 amide bonds. The van der Waals surface area contributed by atoms with Crippen molar-refractivity contribution >= 4 is 17.6 Å². The number of anilines is 1. The summed E-state index contributed by atoms with van der Waals surface area (Å²) < 4.78 is 0. The van der Waals surface area contributed by atoms with Gasteiger partial charge in [-0.2, -0.15) is 0 Å². The van der Waals surface area contributed by atoms with Gasteiger partial charge in [0.2, 0.25) is 5.91 Å². The molecule has 0 bridgehead atoms. The smallest absolute Gasteiger partial charge is 0.224 e. The predicted octanol–water partition coefficient (Wildman–Crippen LogP) is 3.16. The van der Waals surface area contributed by atoms with Gasteiger partial charge in [-0.3, -0.25) is 9.79 Å². The molecule has 0 saturated carbocycles. The second-order valence-electron chi connectivity index (χ2n) is 7.23. The minimum Gasteiger partial charge on any atom is -0.372 e. The number of guanidine groups is 1. The highest BCUT2D eigenvalue weighted by atomic mass is 16.2. The molecule has 1 unspecified atom stereocenters. The normalized spacial score (nSPS) is 15.4. The average molecular weight is 388 g/mol. The van der Waals surface area contributed by atoms with Crippen molar-refractivity contribution in [3.8, 4) is 0 Å². The Balaban J connectivity index is 1.96. The fourth-order valence-electron chi connectivity index (χ4n) is 3.57. The van der Waals surface area contributed by atoms with Gasteiger partial charge in [-0.1, -0.05) is 12.1 Å². The minimum atomic E-state index is 0.138. The third kappa shape index (κ3) is 6.43. The van der Waals surface area contributed by atoms with E-state index in [0.717, 1.165) is 38.7 Å². The molecule has 28 heavy (non-hydrogen) atoms. The molecule has 0 radical (unpaired) electrons. The van der Waals surface area contributed by atoms with Crippen LogP contribution in [0.3, 0.4) is 0 Å². The van der Waals surface area contributed by atoms with Crippen LogP contribution in [0.1, 0.15) is 58.6 Å². The van der Waals surface area contributed by atoms with Crippen molar-refractivity contribution in [3.63, 3.8) is 0 Å². The Bertz CT molecular complexity index is 636. The summed E-state index contributed by atoms with van der Waals surface area (Å²) in [7, 11) is 0. The van der Waals surface area contributed by atoms with Gasteiger partial charge in [0.05, 0.1) is 12.6 Å². The summed E-state index contributed by atoms with van der Waals surface area (Å²) in [6.45, 7) is 13.3. The van der Waals surface area contributed by atoms with E-state index in [-0.39, 0.29) is 11.9 Å². The van der Waals surface area contributed by atoms with Gasteiger partial charge in [-0.25, -0.2) is 0 Å². The van der Waals surface area contributed by atoms with Gasteiger partial charge in [0.15, 0.2) is 5.96 Å². The van der Waals surface area contributed by atoms with Crippen molar-refractivity contribution in [1.29, 1.82) is 0 Å². The molecule has 2 rings (SSSR count). The van der Waals surface area contributed by atoms with E-state index < -0.39 is 0 Å². The number of aliphatic imine (C=N–C) groups is 1. The molecule has 1 aromatic carbocycles. The van der Waals surface area contributed by atoms with Crippen LogP contribution in [0.25, 0.3) is 0 Å². The van der Waals surface area contributed by atoms with Crippen LogP contribution in [0, 0.1) is 0 Å². The van der Waals surface area contributed by atoms with E-state index in [1.165, 1.54) is 24.1 Å². The molecule has 1 aliphatic rings. The lowest BCUT2D eigenvalue weighted by Gasteiger charge is -2.22. The molecule has 1 saturated heterocycles. The quantitative estimate of drug-likeness (QED) is 0.505. The Labute approximate surface area is 170 Å². The second-order valence-corrected chi connectivity index (χ2v) is 7.23. The summed E-state index contributed by atoms with van der Waals surface area (Å²) in [5.41, 5.74) is 2.55. The van der Waals surface area contributed by atoms with E-state index in [4.69, 9.17) is 0 Å². The summed E-state index contributed by atoms with van der Waals surface area (Å²) >= 11 is 0. The van der Waals surface area contributed by atoms with E-state index >= 15 is 0 Å². The Morgan fingerprint density at radius 1 is 1.21 bits per heavy atom. The maximum absolute atomic E-state index is 12.2. The first kappa shape index (κ1) is 22.1. The summed E-state index contributed by atoms with van der Waals surface area (Å²) in [4.78, 5) is 21.1. The van der Waals surface area contributed by atoms with Crippen LogP contribution in [-0.2, 0) is 4.79 Å². The number of nitrogens with one attached hydrogen (secondary N) is 2. The third-order valence-corrected chi connectivity index (χ3v) is 5.25. The van der Waals surface area contributed by atoms with Crippen LogP contribution < -0.4 is 15.5 Å². The summed E-state index contributed by atoms with van der Waals surface area (Å²) in [5, 5.41) is 6.77. The van der Waals surface area contributed by atoms with E-state index in [1.807, 2.05) is 18.7 Å². The summed E-state index contributed by atoms with van der Waals surface area (Å²) in [6.07, 6.45) is 3.00. The molecule has 1 fully saturated rings. The monoisotopic (exact) mass is 387 g/mol. The van der Waals surface area contributed by atoms with Gasteiger partial charge in [-0.05, 0) is 58.2 Å². The van der Waals surface area contributed by atoms with Gasteiger partial charge in [0.25, 0.3) is 0 Å². The van der Waals surface area contributed by atoms with Gasteiger partial charge >= 0.3 is 0 Å². The zero-order chi connectivity index (χ0) is 20.4. The van der Waals surface area contributed by atoms with Crippen molar-refractivity contribution < 1.29 is 4.79 Å². The van der Waals surface area contributed by atoms with Crippen molar-refractivity contribution in [3.05, 3.63) is 29.8 Å². The van der Waals surface area contributed by atoms with E-state index in [1.54, 1.807) is 0 Å². The first-order valence-electron chi connectivity index (χ1n) is 10.8. The van der Waals surface area contributed by atoms with E-state index in [2.05, 4.69) is 58.6 Å². The number of amides is 1. The highest BCUT2D eigenvalue weighted by Gasteiger charge is 2.15. The lowest BCUT2D eigenvalue weighted by Crippen LogP contribution is -2.39. The third-order valence-electron chi connectivity index (χ3n) is 5.25. The lowest BCUT2D eigenvalue weighted by molar-refractivity contribution is -0.130. The highest BCUT2D eigenvalue weighted by molar-refractivity contribution is 5.81. The Morgan fingerprint density at radius 2 is 1.93 bits per heavy atom. The number of rotatable bonds is 9. The fourth-order valence-corrected chi connectivity index (χ4v) is 3.57. The molecule has 1 heterocycles. The Morgan fingerprint density at radius 3 is 2.57 bits per heavy atom. The molecule has 1 atom stereocenters. The van der Waals surface area contributed by atoms with Crippen LogP contribution >= 0.6 is 0 Å². The fraction of sp³-hybridized carbons (Fsp3) is 0.636. The number of benzene rings is 1. The Hall–Kier alpha value is -2.24. The molecule has 2 N–H and O–H groups in total. The molecule has 6 nitrogen and oxygen atoms in total. The van der Waals surface area contributed by atoms with Crippen LogP contribution in [0.4, 0.5) is 5.69 Å². The molecule has 0 aliphatic carbocycles. The summed E-state index contributed by atoms with van der Waals surface area (Å²) in [5.74, 6) is 0.921. The first-order valence-corrected chi connectivity index (χ1v) is 10.8. The maximum Gasteiger partial charge on any atom is 0.224 e. The van der Waals surface area contributed by atoms with Gasteiger partial charge in [-0.15, -0.1) is 0 Å². The standard InChI is InChI=1S/C22H37N5O/c1-5-23-22(24-14-13-21(28)26(6-2)7-3)25-18(4)19-11-10-12-20(17-19)27-15-8-9-16-27/h10-12,17-18H,5-9,13-16H2,1-4H3,(H2,23,24,25). The number of hydrogen-bond acceptors (Lipinski definition) is 3. The molecule has 6 heteroatoms. The van der Waals surface area contributed by atoms with E-state index in [9.17, 15) is 4.79 Å². The number of nitrogens with zero attached hydrogens (tertiary/aromatic N) is 3. The lowest BCUT2D eigenvalue weighted by atomic mass is 10.1. The van der Waals surface area contributed by atoms with Gasteiger partial charge in [0.1, 0.15) is 0 Å². The zero-order valence-electron chi connectivity index (χ0n) is 18.0. The van der Waals surface area contributed by atoms with Crippen molar-refractivity contribution in [1.82, 2.24) is 15.5 Å². The molecule has 156 valence electrons. The van der Waals surface area contributed by atoms with Crippen molar-refractivity contribution in [2.75, 3.05) is 44.2 Å². The SMILES string of the molecule is CCNC(=NCCC(=O)N(CC)CC)NC(C)c1cccc(N2CCCC2)c1. The van der Waals surface area contributed by atoms with Crippen LogP contribution in [0.2, 0.25) is 0 Å². The van der Waals surface area contributed by atoms with Crippen molar-refractivity contribution in [2.45, 2.75) is 53.0 Å². The van der Waals surface area contributed by atoms with Crippen LogP contribution in [0.5, 0.6) is 0 Å². The highest BCUT2D eigenvalue weighted by Crippen LogP contribution is 2.23. The predicted molar refractivity (Wildman–Crippen MR) is 118 cm³/mol. The molecule has 1 aromatic rings. The van der Waals surface area contributed by atoms with E-state index in [0.29, 0.717) is 13.0 Å². The molecule has 0 aromatic heterocycles. The largest absolute Gasteiger partial charge is 0.372 e. The topological polar surface area (TPSA) is 60.0 Å². The average Bonchev–Trinajstić information content (AvgIpc) is 3.24. The van der Waals surface area contributed by atoms with Crippen LogP contribution in [-0.4, -0.2) is 56.0 Å². The van der Waals surface area contributed by atoms with Gasteiger partial charge in [0, 0.05) is 44.8 Å². The first-order chi connectivity index (χ1) is 13.6. The Kier molecular flexibility index (Phi) is 9.11. The van der Waals surface area contributed by atoms with Gasteiger partial charge < -0.3 is 20.4 Å². The molecule has 0 spiro atoms. The van der Waals surface area contributed by atoms with Crippen molar-refractivity contribution in [2.24, 2.45) is 4.99 Å². The second kappa shape index (κ2) is 11.6. The number of hydrogen-bond donors (Lipinski definition) is 2. The number of carbonyl (C=O) groups excluding carboxylic acids is 1. The van der Waals surface area contributed by atoms with Crippen LogP contribution in [0.15, 0.2) is 29.3 Å². The number of carbonyl (C=O) groups is 1. The molecular formula is C22H37N5O. The minimum absolute atomic E-state index is 0.138. The zero-order valence-corrected chi connectivity index (χ0v) is 18.0. The maximum atomic E-state index is 12.2. The summed E-state index contributed by atoms with van der Waals surface area (Å²) in [6, 6.07) is 8.90. The molecule has 1 aliphatic heterocycles.